The molecule has 0 saturated heterocycles. The van der Waals surface area contributed by atoms with E-state index in [1.807, 2.05) is 0 Å². The van der Waals surface area contributed by atoms with Crippen LogP contribution in [0, 0.1) is 5.82 Å². The molecule has 1 amide bonds. The molecule has 0 spiro atoms. The Bertz CT molecular complexity index is 1230. The van der Waals surface area contributed by atoms with Crippen LogP contribution in [-0.2, 0) is 22.8 Å². The molecule has 2 rings (SSSR count). The van der Waals surface area contributed by atoms with Crippen LogP contribution >= 0.6 is 11.6 Å². The number of rotatable bonds is 8. The van der Waals surface area contributed by atoms with Crippen LogP contribution in [0.25, 0.3) is 5.69 Å². The monoisotopic (exact) mass is 513 g/mol. The highest BCUT2D eigenvalue weighted by Crippen LogP contribution is 2.30. The average Bonchev–Trinajstić information content (AvgIpc) is 2.71. The number of hydrogen-bond acceptors (Lipinski definition) is 5. The van der Waals surface area contributed by atoms with Gasteiger partial charge >= 0.3 is 17.8 Å². The van der Waals surface area contributed by atoms with Crippen molar-refractivity contribution in [3.8, 4) is 11.4 Å². The lowest BCUT2D eigenvalue weighted by Gasteiger charge is -2.20. The minimum Gasteiger partial charge on any atom is -0.481 e. The second kappa shape index (κ2) is 10.2. The van der Waals surface area contributed by atoms with Crippen LogP contribution in [0.4, 0.5) is 22.0 Å². The molecule has 1 heterocycles. The Morgan fingerprint density at radius 2 is 1.85 bits per heavy atom. The predicted octanol–water partition coefficient (Wildman–Crippen LogP) is 2.04. The fraction of sp³-hybridized carbons (Fsp3) is 0.368. The van der Waals surface area contributed by atoms with Gasteiger partial charge in [-0.1, -0.05) is 11.6 Å². The van der Waals surface area contributed by atoms with Crippen LogP contribution in [-0.4, -0.2) is 44.9 Å². The third kappa shape index (κ3) is 5.92. The van der Waals surface area contributed by atoms with Crippen molar-refractivity contribution >= 4 is 23.5 Å². The molecule has 0 aliphatic rings. The van der Waals surface area contributed by atoms with Crippen molar-refractivity contribution in [3.63, 3.8) is 0 Å². The van der Waals surface area contributed by atoms with Crippen LogP contribution in [0.2, 0.25) is 5.02 Å². The van der Waals surface area contributed by atoms with Crippen LogP contribution in [0.1, 0.15) is 19.0 Å². The number of aromatic nitrogens is 2. The van der Waals surface area contributed by atoms with Gasteiger partial charge in [-0.15, -0.1) is 0 Å². The fourth-order valence-corrected chi connectivity index (χ4v) is 3.01. The maximum absolute atomic E-state index is 14.5. The molecular weight excluding hydrogens is 497 g/mol. The van der Waals surface area contributed by atoms with Crippen molar-refractivity contribution in [2.75, 3.05) is 6.67 Å². The Labute approximate surface area is 192 Å². The SMILES string of the molecule is CC(Oc1cc(-n2c(=O)cc(C(F)(F)F)n(C)c2=O)c(F)cc1Cl)C(=O)NC(CF)CC(=O)O. The molecule has 2 atom stereocenters. The van der Waals surface area contributed by atoms with E-state index in [4.69, 9.17) is 21.4 Å². The summed E-state index contributed by atoms with van der Waals surface area (Å²) in [6.07, 6.45) is -7.18. The van der Waals surface area contributed by atoms with Gasteiger partial charge in [0.05, 0.1) is 23.2 Å². The first kappa shape index (κ1) is 26.8. The van der Waals surface area contributed by atoms with E-state index >= 15 is 0 Å². The number of nitrogens with zero attached hydrogens (tertiary/aromatic N) is 2. The summed E-state index contributed by atoms with van der Waals surface area (Å²) in [6.45, 7) is -0.0274. The van der Waals surface area contributed by atoms with E-state index in [0.29, 0.717) is 6.07 Å². The molecule has 0 aliphatic carbocycles. The van der Waals surface area contributed by atoms with Gasteiger partial charge in [0, 0.05) is 19.2 Å². The first-order chi connectivity index (χ1) is 15.7. The molecule has 1 aromatic carbocycles. The highest BCUT2D eigenvalue weighted by Gasteiger charge is 2.35. The molecule has 0 fully saturated rings. The number of hydrogen-bond donors (Lipinski definition) is 2. The number of nitrogens with one attached hydrogen (secondary N) is 1. The average molecular weight is 514 g/mol. The predicted molar refractivity (Wildman–Crippen MR) is 107 cm³/mol. The lowest BCUT2D eigenvalue weighted by molar-refractivity contribution is -0.144. The zero-order valence-electron chi connectivity index (χ0n) is 17.5. The number of amides is 1. The van der Waals surface area contributed by atoms with Crippen molar-refractivity contribution in [2.45, 2.75) is 31.7 Å². The molecule has 2 unspecified atom stereocenters. The maximum Gasteiger partial charge on any atom is 0.431 e. The number of alkyl halides is 4. The quantitative estimate of drug-likeness (QED) is 0.521. The normalized spacial score (nSPS) is 13.3. The number of aliphatic carboxylic acids is 1. The summed E-state index contributed by atoms with van der Waals surface area (Å²) in [7, 11) is 0.733. The second-order valence-corrected chi connectivity index (χ2v) is 7.40. The van der Waals surface area contributed by atoms with Crippen LogP contribution < -0.4 is 21.3 Å². The molecule has 0 saturated carbocycles. The van der Waals surface area contributed by atoms with Crippen molar-refractivity contribution < 1.29 is 41.4 Å². The molecule has 0 aliphatic heterocycles. The number of carbonyl (C=O) groups excluding carboxylic acids is 1. The third-order valence-electron chi connectivity index (χ3n) is 4.48. The van der Waals surface area contributed by atoms with E-state index in [0.717, 1.165) is 20.0 Å². The summed E-state index contributed by atoms with van der Waals surface area (Å²) in [5.41, 5.74) is -5.37. The molecule has 2 N–H and O–H groups in total. The third-order valence-corrected chi connectivity index (χ3v) is 4.77. The minimum atomic E-state index is -5.03. The summed E-state index contributed by atoms with van der Waals surface area (Å²) < 4.78 is 72.0. The summed E-state index contributed by atoms with van der Waals surface area (Å²) >= 11 is 5.88. The first-order valence-corrected chi connectivity index (χ1v) is 9.69. The second-order valence-electron chi connectivity index (χ2n) is 6.99. The molecule has 1 aromatic heterocycles. The first-order valence-electron chi connectivity index (χ1n) is 9.31. The van der Waals surface area contributed by atoms with Gasteiger partial charge in [0.2, 0.25) is 0 Å². The number of benzene rings is 1. The number of halogens is 6. The maximum atomic E-state index is 14.5. The highest BCUT2D eigenvalue weighted by atomic mass is 35.5. The van der Waals surface area contributed by atoms with Crippen molar-refractivity contribution in [1.82, 2.24) is 14.5 Å². The molecule has 0 bridgehead atoms. The van der Waals surface area contributed by atoms with Crippen LogP contribution in [0.5, 0.6) is 5.75 Å². The topological polar surface area (TPSA) is 120 Å². The lowest BCUT2D eigenvalue weighted by atomic mass is 10.2. The van der Waals surface area contributed by atoms with Gasteiger partial charge in [0.1, 0.15) is 23.9 Å². The van der Waals surface area contributed by atoms with Crippen molar-refractivity contribution in [2.24, 2.45) is 7.05 Å². The number of ether oxygens (including phenoxy) is 1. The lowest BCUT2D eigenvalue weighted by Crippen LogP contribution is -2.44. The molecule has 0 radical (unpaired) electrons. The Kier molecular flexibility index (Phi) is 8.08. The number of carboxylic acids is 1. The molecular formula is C19H17ClF5N3O6. The van der Waals surface area contributed by atoms with E-state index in [1.165, 1.54) is 0 Å². The number of carboxylic acid groups (broad SMARTS) is 1. The number of carbonyl (C=O) groups is 2. The van der Waals surface area contributed by atoms with Crippen LogP contribution in [0.15, 0.2) is 27.8 Å². The van der Waals surface area contributed by atoms with Gasteiger partial charge in [-0.05, 0) is 13.0 Å². The zero-order valence-corrected chi connectivity index (χ0v) is 18.2. The van der Waals surface area contributed by atoms with E-state index < -0.39 is 82.5 Å². The van der Waals surface area contributed by atoms with Gasteiger partial charge in [0.15, 0.2) is 6.10 Å². The summed E-state index contributed by atoms with van der Waals surface area (Å²) in [4.78, 5) is 47.5. The highest BCUT2D eigenvalue weighted by molar-refractivity contribution is 6.32. The molecule has 186 valence electrons. The minimum absolute atomic E-state index is 0.103. The Morgan fingerprint density at radius 3 is 2.38 bits per heavy atom. The Morgan fingerprint density at radius 1 is 1.24 bits per heavy atom. The van der Waals surface area contributed by atoms with Gasteiger partial charge < -0.3 is 15.2 Å². The van der Waals surface area contributed by atoms with Gasteiger partial charge in [-0.3, -0.25) is 19.0 Å². The Hall–Kier alpha value is -3.42. The largest absolute Gasteiger partial charge is 0.481 e. The summed E-state index contributed by atoms with van der Waals surface area (Å²) in [5, 5.41) is 10.4. The van der Waals surface area contributed by atoms with Gasteiger partial charge in [-0.25, -0.2) is 18.1 Å². The van der Waals surface area contributed by atoms with Crippen molar-refractivity contribution in [3.05, 3.63) is 55.6 Å². The smallest absolute Gasteiger partial charge is 0.431 e. The zero-order chi connectivity index (χ0) is 26.0. The standard InChI is InChI=1S/C19H17ClF5N3O6/c1-8(17(32)26-9(7-21)3-16(30)31)34-13-5-12(11(22)4-10(13)20)28-15(29)6-14(19(23,24)25)27(2)18(28)33/h4-6,8-9H,3,7H2,1-2H3,(H,26,32)(H,30,31). The molecule has 34 heavy (non-hydrogen) atoms. The van der Waals surface area contributed by atoms with E-state index in [9.17, 15) is 41.1 Å². The fourth-order valence-electron chi connectivity index (χ4n) is 2.82. The summed E-state index contributed by atoms with van der Waals surface area (Å²) in [6, 6.07) is 0.0754. The van der Waals surface area contributed by atoms with E-state index in [1.54, 1.807) is 0 Å². The van der Waals surface area contributed by atoms with Crippen molar-refractivity contribution in [1.29, 1.82) is 0 Å². The van der Waals surface area contributed by atoms with Crippen LogP contribution in [0.3, 0.4) is 0 Å². The van der Waals surface area contributed by atoms with E-state index in [-0.39, 0.29) is 15.2 Å². The Balaban J connectivity index is 2.45. The molecule has 9 nitrogen and oxygen atoms in total. The summed E-state index contributed by atoms with van der Waals surface area (Å²) in [5.74, 6) is -4.03. The molecule has 2 aromatic rings. The van der Waals surface area contributed by atoms with E-state index in [2.05, 4.69) is 5.32 Å². The molecule has 15 heteroatoms. The van der Waals surface area contributed by atoms with Gasteiger partial charge in [-0.2, -0.15) is 13.2 Å². The van der Waals surface area contributed by atoms with Gasteiger partial charge in [0.25, 0.3) is 11.5 Å².